The van der Waals surface area contributed by atoms with Crippen LogP contribution in [0.5, 0.6) is 5.88 Å². The molecule has 21 heavy (non-hydrogen) atoms. The number of ether oxygens (including phenoxy) is 1. The molecule has 0 aliphatic rings. The molecule has 0 aliphatic carbocycles. The van der Waals surface area contributed by atoms with Gasteiger partial charge in [-0.05, 0) is 24.0 Å². The van der Waals surface area contributed by atoms with Gasteiger partial charge in [-0.1, -0.05) is 35.5 Å². The van der Waals surface area contributed by atoms with Crippen molar-refractivity contribution in [3.63, 3.8) is 0 Å². The monoisotopic (exact) mass is 316 g/mol. The Bertz CT molecular complexity index is 734. The Hall–Kier alpha value is -2.28. The predicted molar refractivity (Wildman–Crippen MR) is 79.0 cm³/mol. The van der Waals surface area contributed by atoms with E-state index in [4.69, 9.17) is 26.9 Å². The number of nitriles is 2. The van der Waals surface area contributed by atoms with E-state index >= 15 is 0 Å². The molecule has 1 heterocycles. The third kappa shape index (κ3) is 3.63. The molecule has 0 saturated heterocycles. The molecular weight excluding hydrogens is 308 g/mol. The summed E-state index contributed by atoms with van der Waals surface area (Å²) in [5, 5.41) is 18.3. The molecule has 0 unspecified atom stereocenters. The van der Waals surface area contributed by atoms with E-state index in [1.54, 1.807) is 24.3 Å². The zero-order valence-electron chi connectivity index (χ0n) is 11.0. The Morgan fingerprint density at radius 2 is 1.90 bits per heavy atom. The third-order valence-corrected chi connectivity index (χ3v) is 3.39. The number of rotatable bonds is 4. The lowest BCUT2D eigenvalue weighted by molar-refractivity contribution is 0.289. The molecule has 0 atom stereocenters. The standard InChI is InChI=1S/C14H9ClN4OS/c1-21-14-18-12(15)11(7-17)13(19-14)20-8-10-4-2-9(6-16)3-5-10/h2-5H,8H2,1H3. The number of benzene rings is 1. The lowest BCUT2D eigenvalue weighted by atomic mass is 10.2. The van der Waals surface area contributed by atoms with Crippen molar-refractivity contribution >= 4 is 23.4 Å². The average molecular weight is 317 g/mol. The van der Waals surface area contributed by atoms with Crippen molar-refractivity contribution in [2.45, 2.75) is 11.8 Å². The zero-order chi connectivity index (χ0) is 15.2. The first-order valence-corrected chi connectivity index (χ1v) is 7.41. The van der Waals surface area contributed by atoms with Gasteiger partial charge in [-0.2, -0.15) is 15.5 Å². The molecule has 5 nitrogen and oxygen atoms in total. The van der Waals surface area contributed by atoms with Crippen LogP contribution in [0.4, 0.5) is 0 Å². The van der Waals surface area contributed by atoms with E-state index in [0.29, 0.717) is 10.7 Å². The minimum Gasteiger partial charge on any atom is -0.472 e. The highest BCUT2D eigenvalue weighted by Crippen LogP contribution is 2.25. The second-order valence-electron chi connectivity index (χ2n) is 3.89. The molecular formula is C14H9ClN4OS. The van der Waals surface area contributed by atoms with E-state index in [1.165, 1.54) is 11.8 Å². The Morgan fingerprint density at radius 1 is 1.19 bits per heavy atom. The normalized spacial score (nSPS) is 9.71. The highest BCUT2D eigenvalue weighted by molar-refractivity contribution is 7.98. The van der Waals surface area contributed by atoms with Crippen LogP contribution in [-0.4, -0.2) is 16.2 Å². The van der Waals surface area contributed by atoms with Crippen LogP contribution >= 0.6 is 23.4 Å². The van der Waals surface area contributed by atoms with Gasteiger partial charge >= 0.3 is 0 Å². The predicted octanol–water partition coefficient (Wildman–Crippen LogP) is 3.17. The molecule has 0 saturated carbocycles. The Morgan fingerprint density at radius 3 is 2.48 bits per heavy atom. The van der Waals surface area contributed by atoms with Crippen LogP contribution in [0, 0.1) is 22.7 Å². The highest BCUT2D eigenvalue weighted by atomic mass is 35.5. The van der Waals surface area contributed by atoms with E-state index in [1.807, 2.05) is 18.4 Å². The first-order valence-electron chi connectivity index (χ1n) is 5.81. The molecule has 2 aromatic rings. The summed E-state index contributed by atoms with van der Waals surface area (Å²) in [7, 11) is 0. The van der Waals surface area contributed by atoms with Crippen LogP contribution in [-0.2, 0) is 6.61 Å². The molecule has 2 rings (SSSR count). The largest absolute Gasteiger partial charge is 0.472 e. The molecule has 0 spiro atoms. The van der Waals surface area contributed by atoms with Gasteiger partial charge in [0.15, 0.2) is 15.9 Å². The van der Waals surface area contributed by atoms with Gasteiger partial charge in [-0.25, -0.2) is 4.98 Å². The number of hydrogen-bond donors (Lipinski definition) is 0. The molecule has 1 aromatic heterocycles. The maximum atomic E-state index is 9.09. The van der Waals surface area contributed by atoms with E-state index < -0.39 is 0 Å². The van der Waals surface area contributed by atoms with Crippen LogP contribution in [0.25, 0.3) is 0 Å². The first kappa shape index (κ1) is 15.1. The topological polar surface area (TPSA) is 82.6 Å². The van der Waals surface area contributed by atoms with Gasteiger partial charge < -0.3 is 4.74 Å². The summed E-state index contributed by atoms with van der Waals surface area (Å²) in [4.78, 5) is 8.12. The zero-order valence-corrected chi connectivity index (χ0v) is 12.6. The lowest BCUT2D eigenvalue weighted by Crippen LogP contribution is -2.02. The fourth-order valence-corrected chi connectivity index (χ4v) is 2.12. The molecule has 1 aromatic carbocycles. The van der Waals surface area contributed by atoms with Crippen molar-refractivity contribution < 1.29 is 4.74 Å². The van der Waals surface area contributed by atoms with E-state index in [0.717, 1.165) is 5.56 Å². The molecule has 0 fully saturated rings. The minimum absolute atomic E-state index is 0.0756. The molecule has 0 N–H and O–H groups in total. The number of hydrogen-bond acceptors (Lipinski definition) is 6. The van der Waals surface area contributed by atoms with Crippen molar-refractivity contribution in [2.75, 3.05) is 6.26 Å². The summed E-state index contributed by atoms with van der Waals surface area (Å²) >= 11 is 7.24. The van der Waals surface area contributed by atoms with Crippen LogP contribution in [0.1, 0.15) is 16.7 Å². The van der Waals surface area contributed by atoms with Crippen LogP contribution in [0.2, 0.25) is 5.15 Å². The molecule has 104 valence electrons. The van der Waals surface area contributed by atoms with Gasteiger partial charge in [0.05, 0.1) is 11.6 Å². The van der Waals surface area contributed by atoms with E-state index in [-0.39, 0.29) is 23.2 Å². The van der Waals surface area contributed by atoms with Crippen LogP contribution in [0.15, 0.2) is 29.4 Å². The second-order valence-corrected chi connectivity index (χ2v) is 5.02. The molecule has 0 radical (unpaired) electrons. The van der Waals surface area contributed by atoms with Crippen LogP contribution < -0.4 is 4.74 Å². The fraction of sp³-hybridized carbons (Fsp3) is 0.143. The fourth-order valence-electron chi connectivity index (χ4n) is 1.51. The summed E-state index contributed by atoms with van der Waals surface area (Å²) in [6.45, 7) is 0.224. The lowest BCUT2D eigenvalue weighted by Gasteiger charge is -2.08. The van der Waals surface area contributed by atoms with Gasteiger partial charge in [0, 0.05) is 0 Å². The first-order chi connectivity index (χ1) is 10.2. The number of thioether (sulfide) groups is 1. The highest BCUT2D eigenvalue weighted by Gasteiger charge is 2.14. The van der Waals surface area contributed by atoms with Crippen molar-refractivity contribution in [2.24, 2.45) is 0 Å². The maximum absolute atomic E-state index is 9.09. The molecule has 0 bridgehead atoms. The van der Waals surface area contributed by atoms with Gasteiger partial charge in [0.25, 0.3) is 0 Å². The third-order valence-electron chi connectivity index (χ3n) is 2.56. The Balaban J connectivity index is 2.21. The number of halogens is 1. The summed E-state index contributed by atoms with van der Waals surface area (Å²) in [5.74, 6) is 0.159. The van der Waals surface area contributed by atoms with Gasteiger partial charge in [-0.3, -0.25) is 0 Å². The van der Waals surface area contributed by atoms with Crippen molar-refractivity contribution in [3.05, 3.63) is 46.1 Å². The van der Waals surface area contributed by atoms with Gasteiger partial charge in [0.1, 0.15) is 12.7 Å². The molecule has 0 aliphatic heterocycles. The van der Waals surface area contributed by atoms with Gasteiger partial charge in [-0.15, -0.1) is 0 Å². The van der Waals surface area contributed by atoms with E-state index in [9.17, 15) is 0 Å². The SMILES string of the molecule is CSc1nc(Cl)c(C#N)c(OCc2ccc(C#N)cc2)n1. The van der Waals surface area contributed by atoms with Crippen LogP contribution in [0.3, 0.4) is 0 Å². The summed E-state index contributed by atoms with van der Waals surface area (Å²) in [5.41, 5.74) is 1.55. The molecule has 7 heteroatoms. The summed E-state index contributed by atoms with van der Waals surface area (Å²) in [6.07, 6.45) is 1.81. The number of nitrogens with zero attached hydrogens (tertiary/aromatic N) is 4. The summed E-state index contributed by atoms with van der Waals surface area (Å²) < 4.78 is 5.56. The Labute approximate surface area is 131 Å². The van der Waals surface area contributed by atoms with Gasteiger partial charge in [0.2, 0.25) is 5.88 Å². The number of aromatic nitrogens is 2. The minimum atomic E-state index is 0.0756. The second kappa shape index (κ2) is 6.94. The average Bonchev–Trinajstić information content (AvgIpc) is 2.52. The quantitative estimate of drug-likeness (QED) is 0.489. The molecule has 0 amide bonds. The Kier molecular flexibility index (Phi) is 4.99. The van der Waals surface area contributed by atoms with Crippen molar-refractivity contribution in [1.29, 1.82) is 10.5 Å². The van der Waals surface area contributed by atoms with E-state index in [2.05, 4.69) is 9.97 Å². The maximum Gasteiger partial charge on any atom is 0.237 e. The van der Waals surface area contributed by atoms with Crippen molar-refractivity contribution in [1.82, 2.24) is 9.97 Å². The van der Waals surface area contributed by atoms with Crippen molar-refractivity contribution in [3.8, 4) is 18.0 Å². The summed E-state index contributed by atoms with van der Waals surface area (Å²) in [6, 6.07) is 10.9. The smallest absolute Gasteiger partial charge is 0.237 e.